The molecule has 0 unspecified atom stereocenters. The van der Waals surface area contributed by atoms with Gasteiger partial charge in [0.2, 0.25) is 0 Å². The maximum Gasteiger partial charge on any atom is 0.271 e. The van der Waals surface area contributed by atoms with E-state index in [4.69, 9.17) is 9.84 Å². The smallest absolute Gasteiger partial charge is 0.271 e. The van der Waals surface area contributed by atoms with Gasteiger partial charge in [0.15, 0.2) is 0 Å². The molecule has 0 fully saturated rings. The quantitative estimate of drug-likeness (QED) is 0.617. The van der Waals surface area contributed by atoms with Gasteiger partial charge in [0, 0.05) is 18.0 Å². The minimum atomic E-state index is -0.295. The average Bonchev–Trinajstić information content (AvgIpc) is 2.55. The molecule has 0 aliphatic heterocycles. The number of benzene rings is 1. The number of amides is 1. The summed E-state index contributed by atoms with van der Waals surface area (Å²) in [5, 5.41) is 12.5. The Morgan fingerprint density at radius 3 is 2.62 bits per heavy atom. The Kier molecular flexibility index (Phi) is 5.42. The molecule has 1 amide bonds. The number of pyridine rings is 1. The lowest BCUT2D eigenvalue weighted by Gasteiger charge is -2.03. The van der Waals surface area contributed by atoms with E-state index in [1.807, 2.05) is 0 Å². The van der Waals surface area contributed by atoms with Gasteiger partial charge in [-0.25, -0.2) is 5.43 Å². The molecule has 0 radical (unpaired) electrons. The third-order valence-corrected chi connectivity index (χ3v) is 2.56. The molecular weight excluding hydrogens is 270 g/mol. The summed E-state index contributed by atoms with van der Waals surface area (Å²) in [6.07, 6.45) is 4.63. The van der Waals surface area contributed by atoms with E-state index in [-0.39, 0.29) is 19.1 Å². The first kappa shape index (κ1) is 14.7. The van der Waals surface area contributed by atoms with Crippen molar-refractivity contribution in [1.82, 2.24) is 10.4 Å². The van der Waals surface area contributed by atoms with Crippen LogP contribution in [0.2, 0.25) is 0 Å². The van der Waals surface area contributed by atoms with Gasteiger partial charge in [0.05, 0.1) is 12.8 Å². The Labute approximate surface area is 122 Å². The number of aliphatic hydroxyl groups excluding tert-OH is 1. The van der Waals surface area contributed by atoms with Crippen LogP contribution in [0.15, 0.2) is 53.9 Å². The number of aliphatic hydroxyl groups is 1. The highest BCUT2D eigenvalue weighted by Crippen LogP contribution is 2.10. The van der Waals surface area contributed by atoms with Crippen LogP contribution in [0.5, 0.6) is 5.75 Å². The van der Waals surface area contributed by atoms with Gasteiger partial charge < -0.3 is 9.84 Å². The summed E-state index contributed by atoms with van der Waals surface area (Å²) in [6.45, 7) is 0.236. The maximum atomic E-state index is 11.7. The average molecular weight is 285 g/mol. The fourth-order valence-electron chi connectivity index (χ4n) is 1.55. The van der Waals surface area contributed by atoms with Gasteiger partial charge in [-0.1, -0.05) is 0 Å². The molecule has 0 saturated carbocycles. The maximum absolute atomic E-state index is 11.7. The minimum absolute atomic E-state index is 0.0236. The molecule has 0 saturated heterocycles. The normalized spacial score (nSPS) is 10.5. The van der Waals surface area contributed by atoms with Crippen LogP contribution >= 0.6 is 0 Å². The topological polar surface area (TPSA) is 83.8 Å². The van der Waals surface area contributed by atoms with Crippen LogP contribution in [0.3, 0.4) is 0 Å². The highest BCUT2D eigenvalue weighted by atomic mass is 16.5. The van der Waals surface area contributed by atoms with Gasteiger partial charge in [-0.2, -0.15) is 5.10 Å². The van der Waals surface area contributed by atoms with Gasteiger partial charge in [0.25, 0.3) is 5.91 Å². The first-order valence-electron chi connectivity index (χ1n) is 6.37. The predicted octanol–water partition coefficient (Wildman–Crippen LogP) is 1.22. The zero-order valence-electron chi connectivity index (χ0n) is 11.3. The summed E-state index contributed by atoms with van der Waals surface area (Å²) in [7, 11) is 0. The second-order valence-corrected chi connectivity index (χ2v) is 4.08. The Balaban J connectivity index is 1.88. The van der Waals surface area contributed by atoms with E-state index in [1.54, 1.807) is 48.8 Å². The Hall–Kier alpha value is -2.73. The molecule has 0 aliphatic carbocycles. The third kappa shape index (κ3) is 4.70. The van der Waals surface area contributed by atoms with E-state index in [1.165, 1.54) is 6.21 Å². The first-order valence-corrected chi connectivity index (χ1v) is 6.37. The molecule has 6 heteroatoms. The second kappa shape index (κ2) is 7.76. The van der Waals surface area contributed by atoms with Crippen molar-refractivity contribution in [2.75, 3.05) is 13.2 Å². The molecule has 0 bridgehead atoms. The molecule has 6 nitrogen and oxygen atoms in total. The largest absolute Gasteiger partial charge is 0.491 e. The van der Waals surface area contributed by atoms with Crippen molar-refractivity contribution < 1.29 is 14.6 Å². The number of hydrogen-bond donors (Lipinski definition) is 2. The van der Waals surface area contributed by atoms with Crippen molar-refractivity contribution in [1.29, 1.82) is 0 Å². The molecule has 1 aromatic heterocycles. The number of carbonyl (C=O) groups excluding carboxylic acids is 1. The molecule has 0 spiro atoms. The lowest BCUT2D eigenvalue weighted by Crippen LogP contribution is -2.17. The zero-order chi connectivity index (χ0) is 14.9. The molecular formula is C15H15N3O3. The monoisotopic (exact) mass is 285 g/mol. The Morgan fingerprint density at radius 2 is 1.95 bits per heavy atom. The zero-order valence-corrected chi connectivity index (χ0v) is 11.3. The summed E-state index contributed by atoms with van der Waals surface area (Å²) in [5.41, 5.74) is 3.75. The number of aromatic nitrogens is 1. The van der Waals surface area contributed by atoms with E-state index >= 15 is 0 Å². The van der Waals surface area contributed by atoms with Crippen molar-refractivity contribution >= 4 is 12.1 Å². The molecule has 2 N–H and O–H groups in total. The fourth-order valence-corrected chi connectivity index (χ4v) is 1.55. The lowest BCUT2D eigenvalue weighted by molar-refractivity contribution is 0.0955. The minimum Gasteiger partial charge on any atom is -0.491 e. The summed E-state index contributed by atoms with van der Waals surface area (Å²) < 4.78 is 5.24. The van der Waals surface area contributed by atoms with Crippen LogP contribution in [0.4, 0.5) is 0 Å². The van der Waals surface area contributed by atoms with Crippen LogP contribution in [0.1, 0.15) is 15.9 Å². The number of rotatable bonds is 6. The van der Waals surface area contributed by atoms with Crippen LogP contribution < -0.4 is 10.2 Å². The number of ether oxygens (including phenoxy) is 1. The molecule has 108 valence electrons. The predicted molar refractivity (Wildman–Crippen MR) is 78.3 cm³/mol. The fraction of sp³-hybridized carbons (Fsp3) is 0.133. The van der Waals surface area contributed by atoms with E-state index in [2.05, 4.69) is 15.5 Å². The molecule has 21 heavy (non-hydrogen) atoms. The first-order chi connectivity index (χ1) is 10.3. The van der Waals surface area contributed by atoms with Gasteiger partial charge >= 0.3 is 0 Å². The SMILES string of the molecule is O=C(N/N=C/c1ccc(OCCO)cc1)c1ccncc1. The van der Waals surface area contributed by atoms with Gasteiger partial charge in [-0.3, -0.25) is 9.78 Å². The molecule has 1 aromatic carbocycles. The van der Waals surface area contributed by atoms with E-state index in [0.29, 0.717) is 11.3 Å². The highest BCUT2D eigenvalue weighted by Gasteiger charge is 2.01. The van der Waals surface area contributed by atoms with Crippen molar-refractivity contribution in [3.8, 4) is 5.75 Å². The number of hydrazone groups is 1. The second-order valence-electron chi connectivity index (χ2n) is 4.08. The van der Waals surface area contributed by atoms with Crippen molar-refractivity contribution in [3.05, 3.63) is 59.9 Å². The van der Waals surface area contributed by atoms with E-state index in [9.17, 15) is 4.79 Å². The van der Waals surface area contributed by atoms with Crippen LogP contribution in [0, 0.1) is 0 Å². The van der Waals surface area contributed by atoms with Crippen LogP contribution in [-0.4, -0.2) is 35.4 Å². The number of hydrogen-bond acceptors (Lipinski definition) is 5. The number of carbonyl (C=O) groups is 1. The number of nitrogens with zero attached hydrogens (tertiary/aromatic N) is 2. The summed E-state index contributed by atoms with van der Waals surface area (Å²) in [6, 6.07) is 10.4. The van der Waals surface area contributed by atoms with Crippen molar-refractivity contribution in [3.63, 3.8) is 0 Å². The molecule has 2 aromatic rings. The Bertz CT molecular complexity index is 597. The van der Waals surface area contributed by atoms with E-state index in [0.717, 1.165) is 5.56 Å². The lowest BCUT2D eigenvalue weighted by atomic mass is 10.2. The summed E-state index contributed by atoms with van der Waals surface area (Å²) in [4.78, 5) is 15.6. The molecule has 2 rings (SSSR count). The van der Waals surface area contributed by atoms with Crippen molar-refractivity contribution in [2.45, 2.75) is 0 Å². The van der Waals surface area contributed by atoms with Gasteiger partial charge in [0.1, 0.15) is 12.4 Å². The summed E-state index contributed by atoms with van der Waals surface area (Å²) in [5.74, 6) is 0.374. The van der Waals surface area contributed by atoms with Crippen molar-refractivity contribution in [2.24, 2.45) is 5.10 Å². The molecule has 0 aliphatic rings. The highest BCUT2D eigenvalue weighted by molar-refractivity contribution is 5.94. The van der Waals surface area contributed by atoms with E-state index < -0.39 is 0 Å². The standard InChI is InChI=1S/C15H15N3O3/c19-9-10-21-14-3-1-12(2-4-14)11-17-18-15(20)13-5-7-16-8-6-13/h1-8,11,19H,9-10H2,(H,18,20)/b17-11+. The van der Waals surface area contributed by atoms with Gasteiger partial charge in [-0.15, -0.1) is 0 Å². The van der Waals surface area contributed by atoms with Crippen LogP contribution in [0.25, 0.3) is 0 Å². The Morgan fingerprint density at radius 1 is 1.24 bits per heavy atom. The van der Waals surface area contributed by atoms with Gasteiger partial charge in [-0.05, 0) is 42.0 Å². The number of nitrogens with one attached hydrogen (secondary N) is 1. The molecule has 1 heterocycles. The third-order valence-electron chi connectivity index (χ3n) is 2.56. The summed E-state index contributed by atoms with van der Waals surface area (Å²) >= 11 is 0. The molecule has 0 atom stereocenters. The van der Waals surface area contributed by atoms with Crippen LogP contribution in [-0.2, 0) is 0 Å².